The molecule has 3 aromatic carbocycles. The number of hydrogen-bond acceptors (Lipinski definition) is 8. The molecular formula is C34H46N10O6. The van der Waals surface area contributed by atoms with Crippen molar-refractivity contribution in [2.75, 3.05) is 25.5 Å². The molecule has 12 N–H and O–H groups in total. The number of amides is 4. The van der Waals surface area contributed by atoms with Crippen LogP contribution >= 0.6 is 0 Å². The molecule has 0 heterocycles. The summed E-state index contributed by atoms with van der Waals surface area (Å²) in [6.45, 7) is 1.86. The largest absolute Gasteiger partial charge is 0.496 e. The van der Waals surface area contributed by atoms with Gasteiger partial charge in [0.2, 0.25) is 17.7 Å². The Morgan fingerprint density at radius 2 is 1.32 bits per heavy atom. The summed E-state index contributed by atoms with van der Waals surface area (Å²) in [4.78, 5) is 60.8. The maximum atomic E-state index is 13.7. The topological polar surface area (TPSA) is 264 Å². The quantitative estimate of drug-likeness (QED) is 0.0537. The zero-order chi connectivity index (χ0) is 36.5. The van der Waals surface area contributed by atoms with Crippen molar-refractivity contribution in [2.24, 2.45) is 32.9 Å². The van der Waals surface area contributed by atoms with Crippen molar-refractivity contribution in [3.05, 3.63) is 72.3 Å². The van der Waals surface area contributed by atoms with E-state index in [1.807, 2.05) is 42.5 Å². The second-order valence-corrected chi connectivity index (χ2v) is 11.3. The van der Waals surface area contributed by atoms with Crippen molar-refractivity contribution in [1.82, 2.24) is 16.0 Å². The van der Waals surface area contributed by atoms with Crippen LogP contribution in [0.15, 0.2) is 76.7 Å². The lowest BCUT2D eigenvalue weighted by Crippen LogP contribution is -2.55. The fourth-order valence-corrected chi connectivity index (χ4v) is 4.87. The first kappa shape index (κ1) is 38.4. The SMILES string of the molecule is COc1cc(NC(=O)[C@H](CCCN=C(N)N)NC(=O)[C@H](CCCN=C(N)N)NC(=O)[C@H](C)NC(=O)OCc2ccccc2)cc2ccccc12. The van der Waals surface area contributed by atoms with Crippen LogP contribution < -0.4 is 48.9 Å². The van der Waals surface area contributed by atoms with Crippen LogP contribution in [-0.2, 0) is 25.7 Å². The van der Waals surface area contributed by atoms with E-state index in [4.69, 9.17) is 32.4 Å². The first-order valence-corrected chi connectivity index (χ1v) is 16.0. The lowest BCUT2D eigenvalue weighted by Gasteiger charge is -2.24. The van der Waals surface area contributed by atoms with E-state index in [9.17, 15) is 19.2 Å². The Morgan fingerprint density at radius 1 is 0.740 bits per heavy atom. The molecule has 16 heteroatoms. The van der Waals surface area contributed by atoms with Crippen LogP contribution in [0.4, 0.5) is 10.5 Å². The number of alkyl carbamates (subject to hydrolysis) is 1. The highest BCUT2D eigenvalue weighted by Crippen LogP contribution is 2.30. The van der Waals surface area contributed by atoms with Crippen LogP contribution in [0, 0.1) is 0 Å². The fraction of sp³-hybridized carbons (Fsp3) is 0.353. The molecule has 0 radical (unpaired) electrons. The number of fused-ring (bicyclic) bond motifs is 1. The summed E-state index contributed by atoms with van der Waals surface area (Å²) in [5, 5.41) is 12.4. The molecule has 0 bridgehead atoms. The number of carbonyl (C=O) groups is 4. The van der Waals surface area contributed by atoms with Gasteiger partial charge in [0.15, 0.2) is 11.9 Å². The van der Waals surface area contributed by atoms with Gasteiger partial charge in [-0.05, 0) is 49.6 Å². The predicted octanol–water partition coefficient (Wildman–Crippen LogP) is 1.18. The predicted molar refractivity (Wildman–Crippen MR) is 192 cm³/mol. The van der Waals surface area contributed by atoms with Crippen molar-refractivity contribution in [3.8, 4) is 5.75 Å². The summed E-state index contributed by atoms with van der Waals surface area (Å²) in [6.07, 6.45) is 0.135. The van der Waals surface area contributed by atoms with Gasteiger partial charge >= 0.3 is 6.09 Å². The Balaban J connectivity index is 1.74. The van der Waals surface area contributed by atoms with Crippen LogP contribution in [0.1, 0.15) is 38.2 Å². The Labute approximate surface area is 290 Å². The molecule has 0 spiro atoms. The van der Waals surface area contributed by atoms with Gasteiger partial charge in [-0.1, -0.05) is 54.6 Å². The summed E-state index contributed by atoms with van der Waals surface area (Å²) in [5.74, 6) is -1.47. The molecule has 3 aromatic rings. The number of nitrogens with one attached hydrogen (secondary N) is 4. The van der Waals surface area contributed by atoms with Gasteiger partial charge in [0.25, 0.3) is 0 Å². The molecular weight excluding hydrogens is 644 g/mol. The average molecular weight is 691 g/mol. The van der Waals surface area contributed by atoms with Crippen LogP contribution in [0.25, 0.3) is 10.8 Å². The van der Waals surface area contributed by atoms with E-state index in [1.54, 1.807) is 24.3 Å². The summed E-state index contributed by atoms with van der Waals surface area (Å²) in [6, 6.07) is 16.8. The highest BCUT2D eigenvalue weighted by molar-refractivity contribution is 6.01. The average Bonchev–Trinajstić information content (AvgIpc) is 3.09. The molecule has 3 rings (SSSR count). The summed E-state index contributed by atoms with van der Waals surface area (Å²) < 4.78 is 10.7. The minimum atomic E-state index is -1.12. The zero-order valence-corrected chi connectivity index (χ0v) is 28.2. The van der Waals surface area contributed by atoms with Crippen LogP contribution in [0.2, 0.25) is 0 Å². The van der Waals surface area contributed by atoms with Gasteiger partial charge < -0.3 is 53.7 Å². The molecule has 0 aliphatic heterocycles. The monoisotopic (exact) mass is 690 g/mol. The van der Waals surface area contributed by atoms with E-state index in [0.717, 1.165) is 16.3 Å². The van der Waals surface area contributed by atoms with Gasteiger partial charge in [0.05, 0.1) is 7.11 Å². The second-order valence-electron chi connectivity index (χ2n) is 11.3. The molecule has 4 amide bonds. The standard InChI is InChI=1S/C34H46N10O6/c1-21(41-34(48)50-20-22-10-4-3-5-11-22)29(45)43-27(15-9-17-40-33(37)38)31(47)44-26(14-8-16-39-32(35)36)30(46)42-24-18-23-12-6-7-13-25(23)28(19-24)49-2/h3-7,10-13,18-19,21,26-27H,8-9,14-17,20H2,1-2H3,(H,41,48)(H,42,46)(H,43,45)(H,44,47)(H4,35,36,39)(H4,37,38,40)/t21-,26-,27-/m0/s1. The van der Waals surface area contributed by atoms with E-state index in [0.29, 0.717) is 24.3 Å². The maximum absolute atomic E-state index is 13.7. The molecule has 268 valence electrons. The van der Waals surface area contributed by atoms with Gasteiger partial charge in [0.1, 0.15) is 30.5 Å². The number of nitrogens with zero attached hydrogens (tertiary/aromatic N) is 2. The molecule has 0 unspecified atom stereocenters. The number of ether oxygens (including phenoxy) is 2. The van der Waals surface area contributed by atoms with E-state index in [2.05, 4.69) is 31.3 Å². The molecule has 0 aliphatic carbocycles. The highest BCUT2D eigenvalue weighted by atomic mass is 16.5. The highest BCUT2D eigenvalue weighted by Gasteiger charge is 2.28. The third-order valence-corrected chi connectivity index (χ3v) is 7.41. The van der Waals surface area contributed by atoms with Gasteiger partial charge in [-0.3, -0.25) is 24.4 Å². The summed E-state index contributed by atoms with van der Waals surface area (Å²) in [7, 11) is 1.53. The van der Waals surface area contributed by atoms with Crippen molar-refractivity contribution < 1.29 is 28.7 Å². The second kappa shape index (κ2) is 19.7. The smallest absolute Gasteiger partial charge is 0.408 e. The normalized spacial score (nSPS) is 12.4. The van der Waals surface area contributed by atoms with Crippen molar-refractivity contribution in [3.63, 3.8) is 0 Å². The number of hydrogen-bond donors (Lipinski definition) is 8. The van der Waals surface area contributed by atoms with E-state index in [1.165, 1.54) is 14.0 Å². The Morgan fingerprint density at radius 3 is 1.94 bits per heavy atom. The summed E-state index contributed by atoms with van der Waals surface area (Å²) in [5.41, 5.74) is 23.0. The number of carbonyl (C=O) groups excluding carboxylic acids is 4. The van der Waals surface area contributed by atoms with Gasteiger partial charge in [-0.2, -0.15) is 0 Å². The Kier molecular flexibility index (Phi) is 15.1. The van der Waals surface area contributed by atoms with Gasteiger partial charge in [-0.15, -0.1) is 0 Å². The fourth-order valence-electron chi connectivity index (χ4n) is 4.87. The number of anilines is 1. The number of guanidine groups is 2. The van der Waals surface area contributed by atoms with Crippen molar-refractivity contribution >= 4 is 52.2 Å². The number of methoxy groups -OCH3 is 1. The molecule has 0 fully saturated rings. The number of nitrogens with two attached hydrogens (primary N) is 4. The molecule has 3 atom stereocenters. The summed E-state index contributed by atoms with van der Waals surface area (Å²) >= 11 is 0. The van der Waals surface area contributed by atoms with Gasteiger partial charge in [0, 0.05) is 30.2 Å². The Hall–Kier alpha value is -6.06. The van der Waals surface area contributed by atoms with E-state index < -0.39 is 41.9 Å². The van der Waals surface area contributed by atoms with Crippen molar-refractivity contribution in [1.29, 1.82) is 0 Å². The van der Waals surface area contributed by atoms with Crippen LogP contribution in [0.3, 0.4) is 0 Å². The molecule has 0 saturated carbocycles. The number of rotatable bonds is 18. The molecule has 0 aromatic heterocycles. The minimum Gasteiger partial charge on any atom is -0.496 e. The molecule has 50 heavy (non-hydrogen) atoms. The Bertz CT molecular complexity index is 1660. The molecule has 16 nitrogen and oxygen atoms in total. The lowest BCUT2D eigenvalue weighted by molar-refractivity contribution is -0.131. The minimum absolute atomic E-state index is 0.00938. The third-order valence-electron chi connectivity index (χ3n) is 7.41. The lowest BCUT2D eigenvalue weighted by atomic mass is 10.1. The molecule has 0 aliphatic rings. The van der Waals surface area contributed by atoms with Gasteiger partial charge in [-0.25, -0.2) is 4.79 Å². The maximum Gasteiger partial charge on any atom is 0.408 e. The third kappa shape index (κ3) is 12.9. The zero-order valence-electron chi connectivity index (χ0n) is 28.2. The van der Waals surface area contributed by atoms with Crippen molar-refractivity contribution in [2.45, 2.75) is 57.3 Å². The van der Waals surface area contributed by atoms with Crippen LogP contribution in [-0.4, -0.2) is 74.1 Å². The van der Waals surface area contributed by atoms with Crippen LogP contribution in [0.5, 0.6) is 5.75 Å². The molecule has 0 saturated heterocycles. The first-order valence-electron chi connectivity index (χ1n) is 16.0. The number of benzene rings is 3. The first-order chi connectivity index (χ1) is 24.0. The van der Waals surface area contributed by atoms with E-state index >= 15 is 0 Å². The number of aliphatic imine (C=N–C) groups is 2. The van der Waals surface area contributed by atoms with E-state index in [-0.39, 0.29) is 44.5 Å².